The molecule has 182 valence electrons. The van der Waals surface area contributed by atoms with Crippen LogP contribution in [0.5, 0.6) is 0 Å². The SMILES string of the molecule is CCOC(=O)N1CCN(CC2=[N+](Cc3ccc(Cl)c(Cl)c3)C3C(=O)N(C)C(=O)N(C)C3=N2)CC1. The Morgan fingerprint density at radius 3 is 2.47 bits per heavy atom. The third-order valence-corrected chi connectivity index (χ3v) is 6.95. The van der Waals surface area contributed by atoms with Crippen molar-refractivity contribution in [2.24, 2.45) is 4.99 Å². The minimum atomic E-state index is -0.710. The molecule has 1 unspecified atom stereocenters. The number of imide groups is 1. The molecule has 4 rings (SSSR count). The van der Waals surface area contributed by atoms with E-state index in [1.165, 1.54) is 11.9 Å². The lowest BCUT2D eigenvalue weighted by molar-refractivity contribution is -0.552. The standard InChI is InChI=1S/C22H27Cl2N6O4/c1-4-34-22(33)29-9-7-28(8-10-29)13-17-25-19-18(20(31)27(3)21(32)26(19)2)30(17)12-14-5-6-15(23)16(24)11-14/h5-6,11,18H,4,7-10,12-13H2,1-3H3/q+1. The van der Waals surface area contributed by atoms with Crippen LogP contribution in [0.1, 0.15) is 12.5 Å². The Kier molecular flexibility index (Phi) is 7.11. The van der Waals surface area contributed by atoms with Crippen molar-refractivity contribution in [1.82, 2.24) is 19.6 Å². The van der Waals surface area contributed by atoms with E-state index in [1.54, 1.807) is 31.0 Å². The molecule has 1 atom stereocenters. The molecule has 4 amide bonds. The highest BCUT2D eigenvalue weighted by Crippen LogP contribution is 2.25. The van der Waals surface area contributed by atoms with Crippen molar-refractivity contribution in [2.45, 2.75) is 19.5 Å². The van der Waals surface area contributed by atoms with Gasteiger partial charge in [-0.15, -0.1) is 0 Å². The number of hydrogen-bond acceptors (Lipinski definition) is 6. The number of piperazine rings is 1. The zero-order valence-corrected chi connectivity index (χ0v) is 20.8. The van der Waals surface area contributed by atoms with E-state index < -0.39 is 12.1 Å². The number of likely N-dealkylation sites (N-methyl/N-ethyl adjacent to an activating group) is 2. The van der Waals surface area contributed by atoms with E-state index in [1.807, 2.05) is 10.6 Å². The van der Waals surface area contributed by atoms with Crippen LogP contribution < -0.4 is 0 Å². The third kappa shape index (κ3) is 4.62. The summed E-state index contributed by atoms with van der Waals surface area (Å²) in [4.78, 5) is 48.8. The zero-order chi connectivity index (χ0) is 24.6. The van der Waals surface area contributed by atoms with Crippen molar-refractivity contribution in [2.75, 3.05) is 53.4 Å². The van der Waals surface area contributed by atoms with Crippen LogP contribution in [0.25, 0.3) is 0 Å². The fourth-order valence-corrected chi connectivity index (χ4v) is 4.62. The van der Waals surface area contributed by atoms with E-state index in [0.29, 0.717) is 67.6 Å². The summed E-state index contributed by atoms with van der Waals surface area (Å²) in [5.74, 6) is 0.760. The second-order valence-electron chi connectivity index (χ2n) is 8.37. The lowest BCUT2D eigenvalue weighted by Crippen LogP contribution is -2.61. The Bertz CT molecular complexity index is 1080. The average molecular weight is 510 g/mol. The molecule has 3 heterocycles. The molecule has 0 radical (unpaired) electrons. The Balaban J connectivity index is 1.60. The van der Waals surface area contributed by atoms with E-state index in [4.69, 9.17) is 32.9 Å². The molecule has 1 aromatic rings. The molecule has 12 heteroatoms. The number of carbonyl (C=O) groups is 3. The van der Waals surface area contributed by atoms with Gasteiger partial charge in [0.1, 0.15) is 13.1 Å². The number of rotatable bonds is 5. The van der Waals surface area contributed by atoms with Gasteiger partial charge in [0.2, 0.25) is 0 Å². The number of urea groups is 1. The van der Waals surface area contributed by atoms with E-state index >= 15 is 0 Å². The highest BCUT2D eigenvalue weighted by molar-refractivity contribution is 6.42. The smallest absolute Gasteiger partial charge is 0.409 e. The molecule has 0 bridgehead atoms. The van der Waals surface area contributed by atoms with Gasteiger partial charge < -0.3 is 9.64 Å². The van der Waals surface area contributed by atoms with E-state index in [9.17, 15) is 14.4 Å². The maximum Gasteiger partial charge on any atom is 0.409 e. The molecule has 0 N–H and O–H groups in total. The Labute approximate surface area is 207 Å². The number of amides is 4. The fourth-order valence-electron chi connectivity index (χ4n) is 4.30. The largest absolute Gasteiger partial charge is 0.450 e. The van der Waals surface area contributed by atoms with Crippen LogP contribution in [0.15, 0.2) is 23.2 Å². The molecule has 1 aromatic carbocycles. The van der Waals surface area contributed by atoms with Crippen molar-refractivity contribution in [3.63, 3.8) is 0 Å². The summed E-state index contributed by atoms with van der Waals surface area (Å²) in [5.41, 5.74) is 0.866. The Morgan fingerprint density at radius 2 is 1.82 bits per heavy atom. The van der Waals surface area contributed by atoms with Gasteiger partial charge in [-0.25, -0.2) is 14.2 Å². The quantitative estimate of drug-likeness (QED) is 0.566. The minimum Gasteiger partial charge on any atom is -0.450 e. The molecule has 3 aliphatic heterocycles. The fraction of sp³-hybridized carbons (Fsp3) is 0.500. The maximum absolute atomic E-state index is 13.1. The first-order chi connectivity index (χ1) is 16.2. The van der Waals surface area contributed by atoms with Gasteiger partial charge >= 0.3 is 18.0 Å². The van der Waals surface area contributed by atoms with Crippen molar-refractivity contribution in [1.29, 1.82) is 0 Å². The van der Waals surface area contributed by atoms with Crippen LogP contribution in [0.4, 0.5) is 9.59 Å². The summed E-state index contributed by atoms with van der Waals surface area (Å²) in [6.07, 6.45) is -0.308. The molecule has 2 saturated heterocycles. The molecular formula is C22H27Cl2N6O4+. The summed E-state index contributed by atoms with van der Waals surface area (Å²) in [7, 11) is 3.09. The lowest BCUT2D eigenvalue weighted by Gasteiger charge is -2.33. The lowest BCUT2D eigenvalue weighted by atomic mass is 10.1. The van der Waals surface area contributed by atoms with Crippen LogP contribution >= 0.6 is 23.2 Å². The number of fused-ring (bicyclic) bond motifs is 1. The number of benzene rings is 1. The van der Waals surface area contributed by atoms with E-state index in [2.05, 4.69) is 4.90 Å². The number of aliphatic imine (C=N–C) groups is 1. The number of ether oxygens (including phenoxy) is 1. The van der Waals surface area contributed by atoms with Gasteiger partial charge in [0.15, 0.2) is 0 Å². The Hall–Kier alpha value is -2.69. The molecule has 10 nitrogen and oxygen atoms in total. The van der Waals surface area contributed by atoms with Crippen LogP contribution in [0.3, 0.4) is 0 Å². The van der Waals surface area contributed by atoms with Crippen molar-refractivity contribution in [3.05, 3.63) is 33.8 Å². The van der Waals surface area contributed by atoms with Crippen LogP contribution in [0.2, 0.25) is 10.0 Å². The summed E-state index contributed by atoms with van der Waals surface area (Å²) < 4.78 is 7.00. The van der Waals surface area contributed by atoms with Crippen molar-refractivity contribution >= 4 is 52.9 Å². The molecule has 0 spiro atoms. The van der Waals surface area contributed by atoms with Gasteiger partial charge in [-0.3, -0.25) is 19.5 Å². The van der Waals surface area contributed by atoms with E-state index in [0.717, 1.165) is 10.5 Å². The van der Waals surface area contributed by atoms with E-state index in [-0.39, 0.29) is 12.0 Å². The summed E-state index contributed by atoms with van der Waals surface area (Å²) in [6, 6.07) is 4.21. The molecule has 2 fully saturated rings. The second-order valence-corrected chi connectivity index (χ2v) is 9.18. The van der Waals surface area contributed by atoms with Gasteiger partial charge in [0.05, 0.1) is 16.7 Å². The molecule has 0 aliphatic carbocycles. The Morgan fingerprint density at radius 1 is 1.12 bits per heavy atom. The highest BCUT2D eigenvalue weighted by atomic mass is 35.5. The molecule has 3 aliphatic rings. The van der Waals surface area contributed by atoms with Crippen molar-refractivity contribution in [3.8, 4) is 0 Å². The number of carbonyl (C=O) groups excluding carboxylic acids is 3. The number of amidine groups is 2. The average Bonchev–Trinajstić information content (AvgIpc) is 3.17. The summed E-state index contributed by atoms with van der Waals surface area (Å²) in [5, 5.41) is 0.877. The van der Waals surface area contributed by atoms with Crippen LogP contribution in [-0.2, 0) is 16.1 Å². The summed E-state index contributed by atoms with van der Waals surface area (Å²) in [6.45, 7) is 5.33. The maximum atomic E-state index is 13.1. The molecular weight excluding hydrogens is 483 g/mol. The van der Waals surface area contributed by atoms with Crippen LogP contribution in [-0.4, -0.2) is 113 Å². The van der Waals surface area contributed by atoms with Gasteiger partial charge in [-0.1, -0.05) is 29.3 Å². The molecule has 0 saturated carbocycles. The highest BCUT2D eigenvalue weighted by Gasteiger charge is 2.53. The predicted octanol–water partition coefficient (Wildman–Crippen LogP) is 1.98. The van der Waals surface area contributed by atoms with Crippen molar-refractivity contribution < 1.29 is 23.7 Å². The first kappa shape index (κ1) is 24.4. The molecule has 34 heavy (non-hydrogen) atoms. The topological polar surface area (TPSA) is 88.8 Å². The number of hydrogen-bond donors (Lipinski definition) is 0. The van der Waals surface area contributed by atoms with Gasteiger partial charge in [-0.2, -0.15) is 0 Å². The molecule has 0 aromatic heterocycles. The summed E-state index contributed by atoms with van der Waals surface area (Å²) >= 11 is 12.3. The number of halogens is 2. The zero-order valence-electron chi connectivity index (χ0n) is 19.3. The van der Waals surface area contributed by atoms with Gasteiger partial charge in [-0.05, 0) is 29.6 Å². The normalized spacial score (nSPS) is 21.3. The number of nitrogens with zero attached hydrogens (tertiary/aromatic N) is 6. The predicted molar refractivity (Wildman–Crippen MR) is 128 cm³/mol. The van der Waals surface area contributed by atoms with Crippen LogP contribution in [0, 0.1) is 0 Å². The van der Waals surface area contributed by atoms with Gasteiger partial charge in [0.25, 0.3) is 17.8 Å². The third-order valence-electron chi connectivity index (χ3n) is 6.21. The first-order valence-electron chi connectivity index (χ1n) is 11.1. The monoisotopic (exact) mass is 509 g/mol. The second kappa shape index (κ2) is 9.89. The minimum absolute atomic E-state index is 0.308. The van der Waals surface area contributed by atoms with Gasteiger partial charge in [0, 0.05) is 40.3 Å². The first-order valence-corrected chi connectivity index (χ1v) is 11.8.